The van der Waals surface area contributed by atoms with Crippen molar-refractivity contribution in [2.45, 2.75) is 107 Å². The monoisotopic (exact) mass is 368 g/mol. The van der Waals surface area contributed by atoms with E-state index in [1.165, 1.54) is 19.3 Å². The zero-order chi connectivity index (χ0) is 20.2. The molecule has 0 aromatic heterocycles. The van der Waals surface area contributed by atoms with Crippen LogP contribution in [-0.4, -0.2) is 22.4 Å². The van der Waals surface area contributed by atoms with Crippen molar-refractivity contribution in [2.24, 2.45) is 46.8 Å². The summed E-state index contributed by atoms with van der Waals surface area (Å²) in [6, 6.07) is 0. The second kappa shape index (κ2) is 9.92. The summed E-state index contributed by atoms with van der Waals surface area (Å²) >= 11 is 0. The van der Waals surface area contributed by atoms with Crippen LogP contribution in [0.25, 0.3) is 0 Å². The highest BCUT2D eigenvalue weighted by molar-refractivity contribution is 4.92. The Hall–Kier alpha value is -0.0800. The molecule has 0 spiro atoms. The fraction of sp³-hybridized carbons (Fsp3) is 1.00. The van der Waals surface area contributed by atoms with Crippen LogP contribution in [0.3, 0.4) is 0 Å². The number of aliphatic hydroxyl groups is 2. The molecule has 0 saturated heterocycles. The van der Waals surface area contributed by atoms with Crippen LogP contribution in [0.15, 0.2) is 0 Å². The third-order valence-electron chi connectivity index (χ3n) is 7.50. The van der Waals surface area contributed by atoms with Gasteiger partial charge in [-0.2, -0.15) is 0 Å². The van der Waals surface area contributed by atoms with Crippen LogP contribution in [-0.2, 0) is 0 Å². The van der Waals surface area contributed by atoms with Crippen LogP contribution in [0, 0.1) is 46.8 Å². The van der Waals surface area contributed by atoms with E-state index < -0.39 is 0 Å². The molecule has 2 rings (SSSR count). The molecular weight excluding hydrogens is 320 g/mol. The molecule has 2 N–H and O–H groups in total. The van der Waals surface area contributed by atoms with Gasteiger partial charge in [0.15, 0.2) is 0 Å². The molecule has 8 atom stereocenters. The topological polar surface area (TPSA) is 40.5 Å². The maximum Gasteiger partial charge on any atom is 0.0576 e. The number of aliphatic hydroxyl groups excluding tert-OH is 2. The summed E-state index contributed by atoms with van der Waals surface area (Å²) in [5.74, 6) is 4.18. The molecule has 2 nitrogen and oxygen atoms in total. The van der Waals surface area contributed by atoms with Crippen LogP contribution in [0.1, 0.15) is 94.4 Å². The lowest BCUT2D eigenvalue weighted by atomic mass is 9.60. The van der Waals surface area contributed by atoms with Gasteiger partial charge in [-0.05, 0) is 78.9 Å². The van der Waals surface area contributed by atoms with Gasteiger partial charge < -0.3 is 10.2 Å². The molecular formula is C24H48O2. The first-order chi connectivity index (χ1) is 12.0. The van der Waals surface area contributed by atoms with Crippen molar-refractivity contribution >= 4 is 0 Å². The Morgan fingerprint density at radius 3 is 1.73 bits per heavy atom. The Morgan fingerprint density at radius 2 is 1.27 bits per heavy atom. The van der Waals surface area contributed by atoms with E-state index >= 15 is 0 Å². The number of hydrogen-bond acceptors (Lipinski definition) is 2. The molecule has 0 amide bonds. The minimum absolute atomic E-state index is 0.107. The molecule has 2 fully saturated rings. The second-order valence-corrected chi connectivity index (χ2v) is 10.7. The molecule has 0 radical (unpaired) electrons. The highest BCUT2D eigenvalue weighted by Gasteiger charge is 2.42. The molecule has 2 heteroatoms. The summed E-state index contributed by atoms with van der Waals surface area (Å²) in [5, 5.41) is 21.0. The summed E-state index contributed by atoms with van der Waals surface area (Å²) < 4.78 is 0. The van der Waals surface area contributed by atoms with Crippen LogP contribution in [0.5, 0.6) is 0 Å². The zero-order valence-corrected chi connectivity index (χ0v) is 19.1. The fourth-order valence-corrected chi connectivity index (χ4v) is 5.63. The van der Waals surface area contributed by atoms with Gasteiger partial charge in [0.2, 0.25) is 0 Å². The fourth-order valence-electron chi connectivity index (χ4n) is 5.63. The third-order valence-corrected chi connectivity index (χ3v) is 7.50. The van der Waals surface area contributed by atoms with Gasteiger partial charge in [0, 0.05) is 0 Å². The Balaban J connectivity index is 0.00000163. The van der Waals surface area contributed by atoms with E-state index in [4.69, 9.17) is 0 Å². The predicted octanol–water partition coefficient (Wildman–Crippen LogP) is 6.15. The molecule has 8 unspecified atom stereocenters. The Morgan fingerprint density at radius 1 is 0.808 bits per heavy atom. The minimum Gasteiger partial charge on any atom is -0.393 e. The van der Waals surface area contributed by atoms with Gasteiger partial charge in [0.25, 0.3) is 0 Å². The lowest BCUT2D eigenvalue weighted by molar-refractivity contribution is -0.0478. The van der Waals surface area contributed by atoms with E-state index in [2.05, 4.69) is 48.5 Å². The van der Waals surface area contributed by atoms with Crippen molar-refractivity contribution in [3.8, 4) is 0 Å². The summed E-state index contributed by atoms with van der Waals surface area (Å²) in [5.41, 5.74) is 0.187. The van der Waals surface area contributed by atoms with Crippen LogP contribution < -0.4 is 0 Å². The Bertz CT molecular complexity index is 398. The van der Waals surface area contributed by atoms with E-state index in [0.29, 0.717) is 29.6 Å². The Labute approximate surface area is 164 Å². The van der Waals surface area contributed by atoms with E-state index in [1.807, 2.05) is 13.8 Å². The molecule has 0 aromatic carbocycles. The zero-order valence-electron chi connectivity index (χ0n) is 19.1. The first kappa shape index (κ1) is 24.0. The van der Waals surface area contributed by atoms with Gasteiger partial charge in [0.1, 0.15) is 0 Å². The largest absolute Gasteiger partial charge is 0.393 e. The first-order valence-corrected chi connectivity index (χ1v) is 11.4. The van der Waals surface area contributed by atoms with E-state index in [1.54, 1.807) is 0 Å². The molecule has 2 aliphatic rings. The maximum absolute atomic E-state index is 10.6. The van der Waals surface area contributed by atoms with Crippen molar-refractivity contribution in [3.63, 3.8) is 0 Å². The van der Waals surface area contributed by atoms with Gasteiger partial charge in [-0.15, -0.1) is 0 Å². The van der Waals surface area contributed by atoms with Crippen molar-refractivity contribution in [2.75, 3.05) is 0 Å². The number of hydrogen-bond donors (Lipinski definition) is 2. The van der Waals surface area contributed by atoms with Crippen molar-refractivity contribution < 1.29 is 10.2 Å². The normalized spacial score (nSPS) is 41.5. The molecule has 0 bridgehead atoms. The SMILES string of the molecule is CC.CC(C)C1CC(CC2CC(C(C)(C)C)C(O)CC2C)C(C)CC1O. The van der Waals surface area contributed by atoms with Gasteiger partial charge in [-0.1, -0.05) is 62.3 Å². The molecule has 0 heterocycles. The predicted molar refractivity (Wildman–Crippen MR) is 113 cm³/mol. The highest BCUT2D eigenvalue weighted by atomic mass is 16.3. The number of rotatable bonds is 3. The molecule has 156 valence electrons. The van der Waals surface area contributed by atoms with Gasteiger partial charge in [-0.25, -0.2) is 0 Å². The van der Waals surface area contributed by atoms with Gasteiger partial charge in [0.05, 0.1) is 12.2 Å². The quantitative estimate of drug-likeness (QED) is 0.627. The van der Waals surface area contributed by atoms with Crippen LogP contribution >= 0.6 is 0 Å². The summed E-state index contributed by atoms with van der Waals surface area (Å²) in [6.07, 6.45) is 5.34. The highest BCUT2D eigenvalue weighted by Crippen LogP contribution is 2.48. The average molecular weight is 369 g/mol. The van der Waals surface area contributed by atoms with E-state index in [-0.39, 0.29) is 17.6 Å². The maximum atomic E-state index is 10.6. The average Bonchev–Trinajstić information content (AvgIpc) is 2.52. The van der Waals surface area contributed by atoms with Gasteiger partial charge in [-0.3, -0.25) is 0 Å². The molecule has 26 heavy (non-hydrogen) atoms. The van der Waals surface area contributed by atoms with Crippen molar-refractivity contribution in [1.29, 1.82) is 0 Å². The lowest BCUT2D eigenvalue weighted by Crippen LogP contribution is -2.43. The summed E-state index contributed by atoms with van der Waals surface area (Å²) in [6.45, 7) is 20.0. The van der Waals surface area contributed by atoms with Crippen LogP contribution in [0.4, 0.5) is 0 Å². The first-order valence-electron chi connectivity index (χ1n) is 11.4. The molecule has 0 aliphatic heterocycles. The Kier molecular flexibility index (Phi) is 9.14. The molecule has 2 saturated carbocycles. The van der Waals surface area contributed by atoms with E-state index in [0.717, 1.165) is 24.7 Å². The smallest absolute Gasteiger partial charge is 0.0576 e. The van der Waals surface area contributed by atoms with Crippen molar-refractivity contribution in [1.82, 2.24) is 0 Å². The standard InChI is InChI=1S/C22H42O2.C2H6/c1-13(2)18-11-16(14(3)8-20(18)23)10-17-12-19(22(5,6)7)21(24)9-15(17)4;1-2/h13-21,23-24H,8-12H2,1-7H3;1-2H3. The lowest BCUT2D eigenvalue weighted by Gasteiger charge is -2.47. The van der Waals surface area contributed by atoms with Gasteiger partial charge >= 0.3 is 0 Å². The van der Waals surface area contributed by atoms with Crippen molar-refractivity contribution in [3.05, 3.63) is 0 Å². The third kappa shape index (κ3) is 5.96. The molecule has 0 aromatic rings. The minimum atomic E-state index is -0.134. The van der Waals surface area contributed by atoms with Crippen LogP contribution in [0.2, 0.25) is 0 Å². The molecule has 2 aliphatic carbocycles. The second-order valence-electron chi connectivity index (χ2n) is 10.7. The summed E-state index contributed by atoms with van der Waals surface area (Å²) in [7, 11) is 0. The van der Waals surface area contributed by atoms with E-state index in [9.17, 15) is 10.2 Å². The summed E-state index contributed by atoms with van der Waals surface area (Å²) in [4.78, 5) is 0.